The van der Waals surface area contributed by atoms with Gasteiger partial charge in [0.25, 0.3) is 0 Å². The fourth-order valence-corrected chi connectivity index (χ4v) is 4.41. The van der Waals surface area contributed by atoms with Gasteiger partial charge < -0.3 is 5.32 Å². The summed E-state index contributed by atoms with van der Waals surface area (Å²) in [6, 6.07) is 10.2. The summed E-state index contributed by atoms with van der Waals surface area (Å²) in [6.07, 6.45) is 0. The number of nitrogens with zero attached hydrogens (tertiary/aromatic N) is 1. The highest BCUT2D eigenvalue weighted by Gasteiger charge is 2.17. The van der Waals surface area contributed by atoms with E-state index in [9.17, 15) is 0 Å². The van der Waals surface area contributed by atoms with E-state index in [4.69, 9.17) is 0 Å². The summed E-state index contributed by atoms with van der Waals surface area (Å²) in [4.78, 5) is 5.34. The van der Waals surface area contributed by atoms with Crippen LogP contribution >= 0.6 is 22.7 Å². The Balaban J connectivity index is 1.98. The molecule has 1 N–H and O–H groups in total. The summed E-state index contributed by atoms with van der Waals surface area (Å²) < 4.78 is 0. The first-order valence-electron chi connectivity index (χ1n) is 7.65. The average Bonchev–Trinajstić information content (AvgIpc) is 3.11. The van der Waals surface area contributed by atoms with E-state index in [1.54, 1.807) is 0 Å². The van der Waals surface area contributed by atoms with E-state index in [-0.39, 0.29) is 0 Å². The van der Waals surface area contributed by atoms with Gasteiger partial charge in [0.05, 0.1) is 6.04 Å². The van der Waals surface area contributed by atoms with Gasteiger partial charge in [0.1, 0.15) is 0 Å². The SMILES string of the molecule is CC(C)N(CCNC(c1cccs1)c1cccs1)C(C)C. The topological polar surface area (TPSA) is 15.3 Å². The van der Waals surface area contributed by atoms with Crippen molar-refractivity contribution in [3.8, 4) is 0 Å². The van der Waals surface area contributed by atoms with E-state index < -0.39 is 0 Å². The third-order valence-electron chi connectivity index (χ3n) is 3.70. The minimum Gasteiger partial charge on any atom is -0.304 e. The maximum Gasteiger partial charge on any atom is 0.0765 e. The molecule has 0 spiro atoms. The highest BCUT2D eigenvalue weighted by molar-refractivity contribution is 7.11. The average molecular weight is 323 g/mol. The van der Waals surface area contributed by atoms with Gasteiger partial charge in [0.15, 0.2) is 0 Å². The van der Waals surface area contributed by atoms with Crippen LogP contribution in [-0.4, -0.2) is 30.1 Å². The Morgan fingerprint density at radius 2 is 1.48 bits per heavy atom. The number of hydrogen-bond acceptors (Lipinski definition) is 4. The van der Waals surface area contributed by atoms with Crippen molar-refractivity contribution in [1.29, 1.82) is 0 Å². The van der Waals surface area contributed by atoms with Crippen molar-refractivity contribution in [3.05, 3.63) is 44.8 Å². The number of thiophene rings is 2. The molecule has 0 amide bonds. The van der Waals surface area contributed by atoms with E-state index in [1.807, 2.05) is 22.7 Å². The third kappa shape index (κ3) is 4.65. The Labute approximate surface area is 136 Å². The van der Waals surface area contributed by atoms with Gasteiger partial charge in [-0.05, 0) is 50.6 Å². The molecule has 0 aliphatic carbocycles. The molecule has 0 fully saturated rings. The third-order valence-corrected chi connectivity index (χ3v) is 5.57. The van der Waals surface area contributed by atoms with Crippen LogP contribution in [0.2, 0.25) is 0 Å². The summed E-state index contributed by atoms with van der Waals surface area (Å²) in [7, 11) is 0. The molecular formula is C17H26N2S2. The zero-order valence-corrected chi connectivity index (χ0v) is 15.0. The Kier molecular flexibility index (Phi) is 6.42. The molecule has 0 atom stereocenters. The van der Waals surface area contributed by atoms with Gasteiger partial charge in [-0.15, -0.1) is 22.7 Å². The summed E-state index contributed by atoms with van der Waals surface area (Å²) in [5.41, 5.74) is 0. The Morgan fingerprint density at radius 1 is 0.952 bits per heavy atom. The predicted molar refractivity (Wildman–Crippen MR) is 95.5 cm³/mol. The van der Waals surface area contributed by atoms with Gasteiger partial charge in [0, 0.05) is 34.9 Å². The molecule has 2 aromatic heterocycles. The lowest BCUT2D eigenvalue weighted by molar-refractivity contribution is 0.175. The van der Waals surface area contributed by atoms with Gasteiger partial charge in [-0.2, -0.15) is 0 Å². The normalized spacial score (nSPS) is 12.2. The second-order valence-corrected chi connectivity index (χ2v) is 7.80. The highest BCUT2D eigenvalue weighted by atomic mass is 32.1. The molecule has 2 aromatic rings. The molecule has 2 heterocycles. The predicted octanol–water partition coefficient (Wildman–Crippen LogP) is 4.61. The Morgan fingerprint density at radius 3 is 1.86 bits per heavy atom. The maximum absolute atomic E-state index is 3.74. The van der Waals surface area contributed by atoms with Crippen molar-refractivity contribution in [2.45, 2.75) is 45.8 Å². The van der Waals surface area contributed by atoms with Crippen LogP contribution in [0.25, 0.3) is 0 Å². The van der Waals surface area contributed by atoms with E-state index in [0.29, 0.717) is 18.1 Å². The molecule has 0 saturated heterocycles. The van der Waals surface area contributed by atoms with E-state index in [2.05, 4.69) is 72.9 Å². The van der Waals surface area contributed by atoms with Crippen LogP contribution in [-0.2, 0) is 0 Å². The first-order valence-corrected chi connectivity index (χ1v) is 9.41. The molecule has 0 aliphatic rings. The van der Waals surface area contributed by atoms with Crippen LogP contribution in [0.1, 0.15) is 43.5 Å². The van der Waals surface area contributed by atoms with Crippen molar-refractivity contribution in [2.24, 2.45) is 0 Å². The van der Waals surface area contributed by atoms with Crippen LogP contribution in [0.4, 0.5) is 0 Å². The second-order valence-electron chi connectivity index (χ2n) is 5.84. The van der Waals surface area contributed by atoms with Crippen LogP contribution in [0, 0.1) is 0 Å². The molecule has 0 aromatic carbocycles. The lowest BCUT2D eigenvalue weighted by Gasteiger charge is -2.31. The summed E-state index contributed by atoms with van der Waals surface area (Å²) in [5.74, 6) is 0. The van der Waals surface area contributed by atoms with E-state index in [1.165, 1.54) is 9.75 Å². The standard InChI is InChI=1S/C17H26N2S2/c1-13(2)19(14(3)4)10-9-18-17(15-7-5-11-20-15)16-8-6-12-21-16/h5-8,11-14,17-18H,9-10H2,1-4H3. The largest absolute Gasteiger partial charge is 0.304 e. The quantitative estimate of drug-likeness (QED) is 0.763. The summed E-state index contributed by atoms with van der Waals surface area (Å²) in [6.45, 7) is 11.2. The summed E-state index contributed by atoms with van der Waals surface area (Å²) >= 11 is 3.66. The molecular weight excluding hydrogens is 296 g/mol. The fourth-order valence-electron chi connectivity index (χ4n) is 2.70. The number of rotatable bonds is 8. The van der Waals surface area contributed by atoms with Gasteiger partial charge in [-0.25, -0.2) is 0 Å². The van der Waals surface area contributed by atoms with E-state index in [0.717, 1.165) is 13.1 Å². The first kappa shape index (κ1) is 16.7. The first-order chi connectivity index (χ1) is 10.1. The molecule has 21 heavy (non-hydrogen) atoms. The Hall–Kier alpha value is -0.680. The molecule has 0 radical (unpaired) electrons. The molecule has 0 saturated carbocycles. The van der Waals surface area contributed by atoms with Crippen molar-refractivity contribution >= 4 is 22.7 Å². The Bertz CT molecular complexity index is 447. The minimum absolute atomic E-state index is 0.339. The molecule has 0 bridgehead atoms. The van der Waals surface area contributed by atoms with Crippen molar-refractivity contribution in [2.75, 3.05) is 13.1 Å². The van der Waals surface area contributed by atoms with Crippen LogP contribution in [0.15, 0.2) is 35.0 Å². The monoisotopic (exact) mass is 322 g/mol. The van der Waals surface area contributed by atoms with Crippen molar-refractivity contribution in [1.82, 2.24) is 10.2 Å². The molecule has 4 heteroatoms. The van der Waals surface area contributed by atoms with Crippen molar-refractivity contribution in [3.63, 3.8) is 0 Å². The molecule has 116 valence electrons. The van der Waals surface area contributed by atoms with Crippen LogP contribution < -0.4 is 5.32 Å². The van der Waals surface area contributed by atoms with Crippen LogP contribution in [0.3, 0.4) is 0 Å². The smallest absolute Gasteiger partial charge is 0.0765 e. The number of hydrogen-bond donors (Lipinski definition) is 1. The zero-order chi connectivity index (χ0) is 15.2. The van der Waals surface area contributed by atoms with Crippen LogP contribution in [0.5, 0.6) is 0 Å². The number of nitrogens with one attached hydrogen (secondary N) is 1. The molecule has 2 rings (SSSR count). The van der Waals surface area contributed by atoms with Gasteiger partial charge in [-0.3, -0.25) is 4.90 Å². The second kappa shape index (κ2) is 8.08. The van der Waals surface area contributed by atoms with Gasteiger partial charge in [0.2, 0.25) is 0 Å². The minimum atomic E-state index is 0.339. The maximum atomic E-state index is 3.74. The lowest BCUT2D eigenvalue weighted by atomic mass is 10.2. The van der Waals surface area contributed by atoms with Crippen molar-refractivity contribution < 1.29 is 0 Å². The van der Waals surface area contributed by atoms with Gasteiger partial charge in [-0.1, -0.05) is 12.1 Å². The fraction of sp³-hybridized carbons (Fsp3) is 0.529. The van der Waals surface area contributed by atoms with Gasteiger partial charge >= 0.3 is 0 Å². The van der Waals surface area contributed by atoms with E-state index >= 15 is 0 Å². The molecule has 0 unspecified atom stereocenters. The molecule has 0 aliphatic heterocycles. The summed E-state index contributed by atoms with van der Waals surface area (Å²) in [5, 5.41) is 8.06. The highest BCUT2D eigenvalue weighted by Crippen LogP contribution is 2.28. The lowest BCUT2D eigenvalue weighted by Crippen LogP contribution is -2.42. The molecule has 2 nitrogen and oxygen atoms in total. The zero-order valence-electron chi connectivity index (χ0n) is 13.4.